The van der Waals surface area contributed by atoms with Crippen molar-refractivity contribution in [2.45, 2.75) is 19.3 Å². The molecule has 0 atom stereocenters. The summed E-state index contributed by atoms with van der Waals surface area (Å²) >= 11 is 0. The van der Waals surface area contributed by atoms with Crippen molar-refractivity contribution in [1.29, 1.82) is 0 Å². The fourth-order valence-electron chi connectivity index (χ4n) is 1.96. The summed E-state index contributed by atoms with van der Waals surface area (Å²) in [6.07, 6.45) is 4.27. The van der Waals surface area contributed by atoms with E-state index in [1.807, 2.05) is 5.01 Å². The van der Waals surface area contributed by atoms with Crippen LogP contribution in [0, 0.1) is 10.1 Å². The van der Waals surface area contributed by atoms with Crippen molar-refractivity contribution >= 4 is 17.5 Å². The van der Waals surface area contributed by atoms with E-state index >= 15 is 0 Å². The molecule has 1 fully saturated rings. The summed E-state index contributed by atoms with van der Waals surface area (Å²) in [5.74, 6) is -1.10. The summed E-state index contributed by atoms with van der Waals surface area (Å²) in [6, 6.07) is 1.02. The second-order valence-electron chi connectivity index (χ2n) is 4.31. The molecule has 0 saturated carbocycles. The summed E-state index contributed by atoms with van der Waals surface area (Å²) in [6.45, 7) is 1.61. The fraction of sp³-hybridized carbons (Fsp3) is 0.455. The monoisotopic (exact) mass is 266 g/mol. The van der Waals surface area contributed by atoms with E-state index in [1.165, 1.54) is 0 Å². The molecule has 1 aromatic heterocycles. The van der Waals surface area contributed by atoms with Crippen molar-refractivity contribution in [3.63, 3.8) is 0 Å². The summed E-state index contributed by atoms with van der Waals surface area (Å²) in [5, 5.41) is 21.6. The van der Waals surface area contributed by atoms with Crippen molar-refractivity contribution < 1.29 is 14.8 Å². The summed E-state index contributed by atoms with van der Waals surface area (Å²) < 4.78 is 0. The van der Waals surface area contributed by atoms with Gasteiger partial charge in [0.05, 0.1) is 4.92 Å². The molecule has 102 valence electrons. The Balaban J connectivity index is 2.23. The van der Waals surface area contributed by atoms with Gasteiger partial charge in [-0.1, -0.05) is 6.42 Å². The molecule has 19 heavy (non-hydrogen) atoms. The Morgan fingerprint density at radius 3 is 2.68 bits per heavy atom. The van der Waals surface area contributed by atoms with Gasteiger partial charge in [-0.25, -0.2) is 14.8 Å². The zero-order valence-corrected chi connectivity index (χ0v) is 10.2. The molecule has 1 aliphatic rings. The van der Waals surface area contributed by atoms with Crippen molar-refractivity contribution in [2.24, 2.45) is 0 Å². The lowest BCUT2D eigenvalue weighted by Gasteiger charge is -2.27. The number of nitro groups is 1. The van der Waals surface area contributed by atoms with Gasteiger partial charge < -0.3 is 10.5 Å². The summed E-state index contributed by atoms with van der Waals surface area (Å²) in [4.78, 5) is 24.9. The first kappa shape index (κ1) is 13.2. The van der Waals surface area contributed by atoms with E-state index in [-0.39, 0.29) is 17.1 Å². The maximum absolute atomic E-state index is 11.1. The molecule has 2 rings (SSSR count). The minimum absolute atomic E-state index is 0.139. The lowest BCUT2D eigenvalue weighted by atomic mass is 10.2. The minimum Gasteiger partial charge on any atom is -0.478 e. The molecule has 2 heterocycles. The molecule has 0 unspecified atom stereocenters. The first-order valence-corrected chi connectivity index (χ1v) is 5.97. The van der Waals surface area contributed by atoms with Crippen molar-refractivity contribution in [3.8, 4) is 0 Å². The van der Waals surface area contributed by atoms with Crippen LogP contribution in [0.4, 0.5) is 11.5 Å². The van der Waals surface area contributed by atoms with Gasteiger partial charge in [-0.05, 0) is 12.8 Å². The number of piperidine rings is 1. The van der Waals surface area contributed by atoms with E-state index in [2.05, 4.69) is 10.4 Å². The van der Waals surface area contributed by atoms with Gasteiger partial charge in [0.25, 0.3) is 5.69 Å². The molecule has 0 bridgehead atoms. The predicted molar refractivity (Wildman–Crippen MR) is 66.9 cm³/mol. The van der Waals surface area contributed by atoms with E-state index in [9.17, 15) is 14.9 Å². The number of hydrogen-bond donors (Lipinski definition) is 2. The van der Waals surface area contributed by atoms with Gasteiger partial charge in [-0.3, -0.25) is 10.1 Å². The highest BCUT2D eigenvalue weighted by molar-refractivity contribution is 5.93. The van der Waals surface area contributed by atoms with Crippen molar-refractivity contribution in [2.75, 3.05) is 18.5 Å². The SMILES string of the molecule is O=C(O)c1cc([N+](=O)[O-])cnc1NN1CCCCC1. The molecule has 2 N–H and O–H groups in total. The Morgan fingerprint density at radius 2 is 2.11 bits per heavy atom. The highest BCUT2D eigenvalue weighted by Crippen LogP contribution is 2.20. The number of carboxylic acid groups (broad SMARTS) is 1. The van der Waals surface area contributed by atoms with Crippen molar-refractivity contribution in [1.82, 2.24) is 9.99 Å². The van der Waals surface area contributed by atoms with Crippen molar-refractivity contribution in [3.05, 3.63) is 27.9 Å². The standard InChI is InChI=1S/C11H14N4O4/c16-11(17)9-6-8(15(18)19)7-12-10(9)13-14-4-2-1-3-5-14/h6-7H,1-5H2,(H,12,13)(H,16,17). The number of rotatable bonds is 4. The Hall–Kier alpha value is -2.22. The second-order valence-corrected chi connectivity index (χ2v) is 4.31. The van der Waals surface area contributed by atoms with Gasteiger partial charge in [0.1, 0.15) is 11.8 Å². The topological polar surface area (TPSA) is 109 Å². The highest BCUT2D eigenvalue weighted by Gasteiger charge is 2.19. The molecule has 1 aliphatic heterocycles. The lowest BCUT2D eigenvalue weighted by Crippen LogP contribution is -2.35. The molecule has 0 amide bonds. The Kier molecular flexibility index (Phi) is 3.91. The number of pyridine rings is 1. The largest absolute Gasteiger partial charge is 0.478 e. The van der Waals surface area contributed by atoms with Crippen LogP contribution < -0.4 is 5.43 Å². The first-order valence-electron chi connectivity index (χ1n) is 5.97. The second kappa shape index (κ2) is 5.61. The normalized spacial score (nSPS) is 16.0. The Labute approximate surface area is 109 Å². The number of carbonyl (C=O) groups is 1. The molecule has 8 heteroatoms. The molecular weight excluding hydrogens is 252 g/mol. The van der Waals surface area contributed by atoms with Crippen LogP contribution in [0.1, 0.15) is 29.6 Å². The number of anilines is 1. The quantitative estimate of drug-likeness (QED) is 0.627. The number of aromatic carboxylic acids is 1. The van der Waals surface area contributed by atoms with E-state index in [0.717, 1.165) is 44.6 Å². The number of aromatic nitrogens is 1. The number of carboxylic acids is 1. The molecular formula is C11H14N4O4. The summed E-state index contributed by atoms with van der Waals surface area (Å²) in [7, 11) is 0. The highest BCUT2D eigenvalue weighted by atomic mass is 16.6. The lowest BCUT2D eigenvalue weighted by molar-refractivity contribution is -0.385. The number of hydrogen-bond acceptors (Lipinski definition) is 6. The number of nitrogens with zero attached hydrogens (tertiary/aromatic N) is 3. The Bertz CT molecular complexity index is 499. The molecule has 8 nitrogen and oxygen atoms in total. The Morgan fingerprint density at radius 1 is 1.42 bits per heavy atom. The fourth-order valence-corrected chi connectivity index (χ4v) is 1.96. The number of hydrazine groups is 1. The smallest absolute Gasteiger partial charge is 0.339 e. The van der Waals surface area contributed by atoms with Crippen LogP contribution in [-0.4, -0.2) is 39.1 Å². The van der Waals surface area contributed by atoms with Gasteiger partial charge in [-0.15, -0.1) is 0 Å². The molecule has 0 aromatic carbocycles. The van der Waals surface area contributed by atoms with Gasteiger partial charge in [0.15, 0.2) is 5.82 Å². The van der Waals surface area contributed by atoms with Crippen LogP contribution >= 0.6 is 0 Å². The third kappa shape index (κ3) is 3.16. The average molecular weight is 266 g/mol. The van der Waals surface area contributed by atoms with Crippen LogP contribution in [-0.2, 0) is 0 Å². The zero-order valence-electron chi connectivity index (χ0n) is 10.2. The van der Waals surface area contributed by atoms with E-state index in [1.54, 1.807) is 0 Å². The third-order valence-corrected chi connectivity index (χ3v) is 2.93. The molecule has 0 radical (unpaired) electrons. The number of nitrogens with one attached hydrogen (secondary N) is 1. The average Bonchev–Trinajstić information content (AvgIpc) is 2.39. The zero-order chi connectivity index (χ0) is 13.8. The van der Waals surface area contributed by atoms with Gasteiger partial charge in [-0.2, -0.15) is 0 Å². The summed E-state index contributed by atoms with van der Waals surface area (Å²) in [5.41, 5.74) is 2.39. The van der Waals surface area contributed by atoms with E-state index in [4.69, 9.17) is 5.11 Å². The van der Waals surface area contributed by atoms with Crippen LogP contribution in [0.25, 0.3) is 0 Å². The van der Waals surface area contributed by atoms with E-state index in [0.29, 0.717) is 0 Å². The first-order chi connectivity index (χ1) is 9.08. The third-order valence-electron chi connectivity index (χ3n) is 2.93. The van der Waals surface area contributed by atoms with Crippen LogP contribution in [0.15, 0.2) is 12.3 Å². The van der Waals surface area contributed by atoms with E-state index < -0.39 is 10.9 Å². The predicted octanol–water partition coefficient (Wildman–Crippen LogP) is 1.50. The minimum atomic E-state index is -1.24. The maximum Gasteiger partial charge on any atom is 0.339 e. The van der Waals surface area contributed by atoms with Crippen LogP contribution in [0.3, 0.4) is 0 Å². The van der Waals surface area contributed by atoms with Gasteiger partial charge in [0.2, 0.25) is 0 Å². The molecule has 0 spiro atoms. The molecule has 1 aromatic rings. The molecule has 0 aliphatic carbocycles. The van der Waals surface area contributed by atoms with Crippen LogP contribution in [0.5, 0.6) is 0 Å². The van der Waals surface area contributed by atoms with Crippen LogP contribution in [0.2, 0.25) is 0 Å². The van der Waals surface area contributed by atoms with Gasteiger partial charge >= 0.3 is 5.97 Å². The van der Waals surface area contributed by atoms with Gasteiger partial charge in [0, 0.05) is 19.2 Å². The molecule has 1 saturated heterocycles. The maximum atomic E-state index is 11.1.